The van der Waals surface area contributed by atoms with E-state index < -0.39 is 0 Å². The van der Waals surface area contributed by atoms with Crippen molar-refractivity contribution in [2.45, 2.75) is 0 Å². The number of fused-ring (bicyclic) bond motifs is 12. The molecule has 0 fully saturated rings. The van der Waals surface area contributed by atoms with Gasteiger partial charge < -0.3 is 9.80 Å². The predicted molar refractivity (Wildman–Crippen MR) is 343 cm³/mol. The molecule has 80 heavy (non-hydrogen) atoms. The molecule has 0 N–H and O–H groups in total. The molecule has 2 heteroatoms. The van der Waals surface area contributed by atoms with Crippen LogP contribution in [0.5, 0.6) is 0 Å². The van der Waals surface area contributed by atoms with Crippen LogP contribution in [-0.2, 0) is 0 Å². The zero-order valence-corrected chi connectivity index (χ0v) is 43.9. The standard InChI is InChI=1S/C78H52N2/c1-3-15-53(16-4-1)57-31-39-61(40-32-57)79(65-47-49-75-71-23-9-7-19-67(71)69-21-11-13-25-73(69)77(75)51-65)63-43-35-59(36-44-63)55-27-29-56(30-28-55)60-37-45-64(46-38-60)80(62-41-33-58(34-42-62)54-17-5-2-6-18-54)66-48-50-76-72-24-10-8-20-68(72)70-22-12-14-26-74(70)78(76)52-66/h1-52H. The molecule has 0 amide bonds. The van der Waals surface area contributed by atoms with E-state index in [1.54, 1.807) is 0 Å². The predicted octanol–water partition coefficient (Wildman–Crippen LogP) is 22.2. The lowest BCUT2D eigenvalue weighted by atomic mass is 9.94. The molecule has 0 bridgehead atoms. The van der Waals surface area contributed by atoms with Crippen molar-refractivity contribution in [3.05, 3.63) is 315 Å². The highest BCUT2D eigenvalue weighted by Crippen LogP contribution is 2.44. The quantitative estimate of drug-likeness (QED) is 0.126. The molecule has 0 aliphatic heterocycles. The lowest BCUT2D eigenvalue weighted by molar-refractivity contribution is 1.29. The first-order chi connectivity index (χ1) is 39.7. The monoisotopic (exact) mass is 1020 g/mol. The molecule has 0 radical (unpaired) electrons. The molecular formula is C78H52N2. The zero-order valence-electron chi connectivity index (χ0n) is 43.9. The third-order valence-electron chi connectivity index (χ3n) is 16.2. The van der Waals surface area contributed by atoms with Gasteiger partial charge in [0, 0.05) is 34.1 Å². The Morgan fingerprint density at radius 1 is 0.125 bits per heavy atom. The molecule has 15 aromatic carbocycles. The van der Waals surface area contributed by atoms with E-state index in [0.29, 0.717) is 0 Å². The van der Waals surface area contributed by atoms with Crippen LogP contribution in [0.15, 0.2) is 315 Å². The highest BCUT2D eigenvalue weighted by Gasteiger charge is 2.19. The Bertz CT molecular complexity index is 4380. The summed E-state index contributed by atoms with van der Waals surface area (Å²) in [5, 5.41) is 15.2. The van der Waals surface area contributed by atoms with Crippen LogP contribution in [0.2, 0.25) is 0 Å². The molecule has 0 unspecified atom stereocenters. The average molecular weight is 1020 g/mol. The van der Waals surface area contributed by atoms with Gasteiger partial charge in [-0.15, -0.1) is 0 Å². The van der Waals surface area contributed by atoms with Crippen molar-refractivity contribution in [1.82, 2.24) is 0 Å². The molecule has 2 nitrogen and oxygen atoms in total. The van der Waals surface area contributed by atoms with Crippen molar-refractivity contribution in [3.63, 3.8) is 0 Å². The minimum Gasteiger partial charge on any atom is -0.310 e. The summed E-state index contributed by atoms with van der Waals surface area (Å²) >= 11 is 0. The number of hydrogen-bond donors (Lipinski definition) is 0. The van der Waals surface area contributed by atoms with Gasteiger partial charge in [-0.05, 0) is 182 Å². The molecule has 0 atom stereocenters. The highest BCUT2D eigenvalue weighted by atomic mass is 15.1. The molecular weight excluding hydrogens is 965 g/mol. The molecule has 0 saturated heterocycles. The van der Waals surface area contributed by atoms with Crippen LogP contribution in [-0.4, -0.2) is 0 Å². The summed E-state index contributed by atoms with van der Waals surface area (Å²) in [5.74, 6) is 0. The molecule has 0 saturated carbocycles. The summed E-state index contributed by atoms with van der Waals surface area (Å²) in [6.07, 6.45) is 0. The van der Waals surface area contributed by atoms with E-state index in [-0.39, 0.29) is 0 Å². The zero-order chi connectivity index (χ0) is 52.9. The Kier molecular flexibility index (Phi) is 11.6. The van der Waals surface area contributed by atoms with E-state index in [1.807, 2.05) is 0 Å². The van der Waals surface area contributed by atoms with Gasteiger partial charge in [0.15, 0.2) is 0 Å². The number of anilines is 6. The second-order valence-corrected chi connectivity index (χ2v) is 20.8. The maximum Gasteiger partial charge on any atom is 0.0468 e. The minimum atomic E-state index is 1.09. The first-order valence-electron chi connectivity index (χ1n) is 27.6. The average Bonchev–Trinajstić information content (AvgIpc) is 3.70. The van der Waals surface area contributed by atoms with Gasteiger partial charge in [0.05, 0.1) is 0 Å². The second-order valence-electron chi connectivity index (χ2n) is 20.8. The van der Waals surface area contributed by atoms with Crippen LogP contribution >= 0.6 is 0 Å². The van der Waals surface area contributed by atoms with Crippen molar-refractivity contribution in [1.29, 1.82) is 0 Å². The summed E-state index contributed by atoms with van der Waals surface area (Å²) in [6, 6.07) is 115. The van der Waals surface area contributed by atoms with Gasteiger partial charge in [0.1, 0.15) is 0 Å². The van der Waals surface area contributed by atoms with Gasteiger partial charge in [-0.25, -0.2) is 0 Å². The molecule has 0 heterocycles. The van der Waals surface area contributed by atoms with E-state index >= 15 is 0 Å². The lowest BCUT2D eigenvalue weighted by Gasteiger charge is -2.27. The molecule has 15 rings (SSSR count). The number of nitrogens with zero attached hydrogens (tertiary/aromatic N) is 2. The van der Waals surface area contributed by atoms with Gasteiger partial charge in [0.25, 0.3) is 0 Å². The van der Waals surface area contributed by atoms with Gasteiger partial charge in [0.2, 0.25) is 0 Å². The summed E-state index contributed by atoms with van der Waals surface area (Å²) in [6.45, 7) is 0. The molecule has 0 aromatic heterocycles. The molecule has 15 aromatic rings. The highest BCUT2D eigenvalue weighted by molar-refractivity contribution is 6.27. The molecule has 374 valence electrons. The smallest absolute Gasteiger partial charge is 0.0468 e. The van der Waals surface area contributed by atoms with Crippen molar-refractivity contribution < 1.29 is 0 Å². The van der Waals surface area contributed by atoms with Gasteiger partial charge in [-0.1, -0.05) is 243 Å². The Hall–Kier alpha value is -10.5. The molecule has 0 aliphatic rings. The third kappa shape index (κ3) is 8.30. The van der Waals surface area contributed by atoms with E-state index in [9.17, 15) is 0 Å². The Morgan fingerprint density at radius 3 is 0.550 bits per heavy atom. The molecule has 0 aliphatic carbocycles. The Balaban J connectivity index is 0.757. The van der Waals surface area contributed by atoms with Crippen LogP contribution in [0.4, 0.5) is 34.1 Å². The number of rotatable bonds is 10. The molecule has 0 spiro atoms. The second kappa shape index (κ2) is 19.8. The Labute approximate surface area is 465 Å². The lowest BCUT2D eigenvalue weighted by Crippen LogP contribution is -2.10. The van der Waals surface area contributed by atoms with Crippen LogP contribution in [0.25, 0.3) is 109 Å². The summed E-state index contributed by atoms with van der Waals surface area (Å²) in [7, 11) is 0. The number of benzene rings is 15. The third-order valence-corrected chi connectivity index (χ3v) is 16.2. The van der Waals surface area contributed by atoms with Crippen LogP contribution < -0.4 is 9.80 Å². The summed E-state index contributed by atoms with van der Waals surface area (Å²) in [5.41, 5.74) is 16.0. The maximum atomic E-state index is 2.39. The fourth-order valence-corrected chi connectivity index (χ4v) is 12.3. The minimum absolute atomic E-state index is 1.09. The van der Waals surface area contributed by atoms with Crippen molar-refractivity contribution in [2.75, 3.05) is 9.80 Å². The topological polar surface area (TPSA) is 6.48 Å². The van der Waals surface area contributed by atoms with Crippen LogP contribution in [0.3, 0.4) is 0 Å². The first-order valence-corrected chi connectivity index (χ1v) is 27.6. The van der Waals surface area contributed by atoms with E-state index in [4.69, 9.17) is 0 Å². The summed E-state index contributed by atoms with van der Waals surface area (Å²) < 4.78 is 0. The van der Waals surface area contributed by atoms with Crippen molar-refractivity contribution >= 4 is 98.8 Å². The fourth-order valence-electron chi connectivity index (χ4n) is 12.3. The van der Waals surface area contributed by atoms with Crippen molar-refractivity contribution in [3.8, 4) is 44.5 Å². The van der Waals surface area contributed by atoms with Gasteiger partial charge in [-0.3, -0.25) is 0 Å². The first kappa shape index (κ1) is 46.7. The van der Waals surface area contributed by atoms with E-state index in [1.165, 1.54) is 98.0 Å². The van der Waals surface area contributed by atoms with Gasteiger partial charge >= 0.3 is 0 Å². The van der Waals surface area contributed by atoms with E-state index in [0.717, 1.165) is 45.3 Å². The SMILES string of the molecule is c1ccc(-c2ccc(N(c3ccc(-c4ccc(-c5ccc(N(c6ccc(-c7ccccc7)cc6)c6ccc7c8ccccc8c8ccccc8c7c6)cc5)cc4)cc3)c3ccc4c5ccccc5c5ccccc5c4c3)cc2)cc1. The van der Waals surface area contributed by atoms with Crippen molar-refractivity contribution in [2.24, 2.45) is 0 Å². The largest absolute Gasteiger partial charge is 0.310 e. The van der Waals surface area contributed by atoms with Crippen LogP contribution in [0, 0.1) is 0 Å². The maximum absolute atomic E-state index is 2.39. The Morgan fingerprint density at radius 2 is 0.300 bits per heavy atom. The fraction of sp³-hybridized carbons (Fsp3) is 0. The van der Waals surface area contributed by atoms with Gasteiger partial charge in [-0.2, -0.15) is 0 Å². The number of hydrogen-bond acceptors (Lipinski definition) is 2. The van der Waals surface area contributed by atoms with Crippen LogP contribution in [0.1, 0.15) is 0 Å². The summed E-state index contributed by atoms with van der Waals surface area (Å²) in [4.78, 5) is 4.78. The normalized spacial score (nSPS) is 11.5. The van der Waals surface area contributed by atoms with E-state index in [2.05, 4.69) is 325 Å².